The van der Waals surface area contributed by atoms with E-state index in [1.54, 1.807) is 30.0 Å². The van der Waals surface area contributed by atoms with E-state index in [1.807, 2.05) is 13.8 Å². The van der Waals surface area contributed by atoms with Crippen molar-refractivity contribution in [3.05, 3.63) is 23.8 Å². The van der Waals surface area contributed by atoms with Crippen molar-refractivity contribution in [1.82, 2.24) is 4.90 Å². The van der Waals surface area contributed by atoms with Crippen LogP contribution in [0.4, 0.5) is 0 Å². The fourth-order valence-corrected chi connectivity index (χ4v) is 2.10. The number of phenols is 1. The lowest BCUT2D eigenvalue weighted by Gasteiger charge is -2.32. The van der Waals surface area contributed by atoms with Gasteiger partial charge in [-0.2, -0.15) is 0 Å². The molecule has 1 unspecified atom stereocenters. The lowest BCUT2D eigenvalue weighted by Crippen LogP contribution is -2.50. The zero-order valence-electron chi connectivity index (χ0n) is 12.1. The SMILES string of the molecule is CC(C)C(C)(O)C(=O)N1CCOc2cc(O)ccc2C1. The van der Waals surface area contributed by atoms with E-state index in [0.29, 0.717) is 25.4 Å². The van der Waals surface area contributed by atoms with E-state index in [1.165, 1.54) is 0 Å². The van der Waals surface area contributed by atoms with Gasteiger partial charge in [0.05, 0.1) is 6.54 Å². The molecule has 110 valence electrons. The summed E-state index contributed by atoms with van der Waals surface area (Å²) in [6.45, 7) is 6.31. The first-order valence-corrected chi connectivity index (χ1v) is 6.79. The second-order valence-corrected chi connectivity index (χ2v) is 5.67. The summed E-state index contributed by atoms with van der Waals surface area (Å²) in [7, 11) is 0. The minimum atomic E-state index is -1.39. The topological polar surface area (TPSA) is 70.0 Å². The molecule has 2 rings (SSSR count). The normalized spacial score (nSPS) is 17.9. The number of fused-ring (bicyclic) bond motifs is 1. The van der Waals surface area contributed by atoms with Crippen molar-refractivity contribution in [2.75, 3.05) is 13.2 Å². The first-order chi connectivity index (χ1) is 9.32. The molecule has 0 aromatic heterocycles. The van der Waals surface area contributed by atoms with Crippen LogP contribution in [0.3, 0.4) is 0 Å². The van der Waals surface area contributed by atoms with Crippen LogP contribution >= 0.6 is 0 Å². The molecule has 1 aliphatic heterocycles. The van der Waals surface area contributed by atoms with Gasteiger partial charge in [0.25, 0.3) is 5.91 Å². The summed E-state index contributed by atoms with van der Waals surface area (Å²) in [5.41, 5.74) is -0.560. The number of nitrogens with zero attached hydrogens (tertiary/aromatic N) is 1. The van der Waals surface area contributed by atoms with Crippen LogP contribution in [0, 0.1) is 5.92 Å². The van der Waals surface area contributed by atoms with Crippen molar-refractivity contribution in [2.45, 2.75) is 32.9 Å². The highest BCUT2D eigenvalue weighted by Gasteiger charge is 2.38. The molecular weight excluding hydrogens is 258 g/mol. The van der Waals surface area contributed by atoms with E-state index in [4.69, 9.17) is 4.74 Å². The summed E-state index contributed by atoms with van der Waals surface area (Å²) in [5.74, 6) is 0.262. The standard InChI is InChI=1S/C15H21NO4/c1-10(2)15(3,19)14(18)16-6-7-20-13-8-12(17)5-4-11(13)9-16/h4-5,8,10,17,19H,6-7,9H2,1-3H3. The molecule has 1 amide bonds. The molecule has 20 heavy (non-hydrogen) atoms. The van der Waals surface area contributed by atoms with Crippen molar-refractivity contribution in [1.29, 1.82) is 0 Å². The molecule has 0 aliphatic carbocycles. The Morgan fingerprint density at radius 2 is 2.15 bits per heavy atom. The van der Waals surface area contributed by atoms with E-state index in [9.17, 15) is 15.0 Å². The molecule has 1 heterocycles. The third kappa shape index (κ3) is 2.72. The Morgan fingerprint density at radius 1 is 1.45 bits per heavy atom. The molecule has 1 aromatic rings. The summed E-state index contributed by atoms with van der Waals surface area (Å²) in [4.78, 5) is 14.1. The number of rotatable bonds is 2. The van der Waals surface area contributed by atoms with Gasteiger partial charge in [-0.3, -0.25) is 4.79 Å². The highest BCUT2D eigenvalue weighted by molar-refractivity contribution is 5.85. The Kier molecular flexibility index (Phi) is 3.90. The first kappa shape index (κ1) is 14.7. The van der Waals surface area contributed by atoms with Crippen LogP contribution in [-0.4, -0.2) is 39.8 Å². The molecule has 0 saturated carbocycles. The second-order valence-electron chi connectivity index (χ2n) is 5.67. The van der Waals surface area contributed by atoms with Crippen LogP contribution < -0.4 is 4.74 Å². The van der Waals surface area contributed by atoms with Crippen molar-refractivity contribution < 1.29 is 19.7 Å². The molecule has 0 spiro atoms. The van der Waals surface area contributed by atoms with Crippen LogP contribution in [0.1, 0.15) is 26.3 Å². The molecule has 0 fully saturated rings. The van der Waals surface area contributed by atoms with Crippen LogP contribution in [0.5, 0.6) is 11.5 Å². The van der Waals surface area contributed by atoms with Gasteiger partial charge in [0.15, 0.2) is 0 Å². The lowest BCUT2D eigenvalue weighted by molar-refractivity contribution is -0.154. The molecule has 5 heteroatoms. The molecular formula is C15H21NO4. The maximum Gasteiger partial charge on any atom is 0.254 e. The summed E-state index contributed by atoms with van der Waals surface area (Å²) < 4.78 is 5.55. The number of aromatic hydroxyl groups is 1. The molecule has 1 atom stereocenters. The molecule has 0 radical (unpaired) electrons. The number of amides is 1. The van der Waals surface area contributed by atoms with E-state index < -0.39 is 5.60 Å². The van der Waals surface area contributed by atoms with Crippen LogP contribution in [0.25, 0.3) is 0 Å². The molecule has 1 aliphatic rings. The van der Waals surface area contributed by atoms with Gasteiger partial charge >= 0.3 is 0 Å². The zero-order valence-corrected chi connectivity index (χ0v) is 12.1. The van der Waals surface area contributed by atoms with Crippen molar-refractivity contribution in [3.8, 4) is 11.5 Å². The molecule has 0 saturated heterocycles. The third-order valence-corrected chi connectivity index (χ3v) is 3.88. The van der Waals surface area contributed by atoms with Crippen LogP contribution in [-0.2, 0) is 11.3 Å². The van der Waals surface area contributed by atoms with Gasteiger partial charge in [-0.1, -0.05) is 13.8 Å². The summed E-state index contributed by atoms with van der Waals surface area (Å²) in [6, 6.07) is 4.85. The third-order valence-electron chi connectivity index (χ3n) is 3.88. The maximum absolute atomic E-state index is 12.5. The van der Waals surface area contributed by atoms with Gasteiger partial charge in [-0.05, 0) is 25.0 Å². The van der Waals surface area contributed by atoms with E-state index >= 15 is 0 Å². The molecule has 5 nitrogen and oxygen atoms in total. The number of hydrogen-bond donors (Lipinski definition) is 2. The van der Waals surface area contributed by atoms with Crippen molar-refractivity contribution in [2.24, 2.45) is 5.92 Å². The number of benzene rings is 1. The number of ether oxygens (including phenoxy) is 1. The highest BCUT2D eigenvalue weighted by Crippen LogP contribution is 2.29. The van der Waals surface area contributed by atoms with Gasteiger partial charge in [0.1, 0.15) is 23.7 Å². The fraction of sp³-hybridized carbons (Fsp3) is 0.533. The zero-order chi connectivity index (χ0) is 14.9. The van der Waals surface area contributed by atoms with Crippen molar-refractivity contribution >= 4 is 5.91 Å². The minimum absolute atomic E-state index is 0.137. The van der Waals surface area contributed by atoms with Crippen LogP contribution in [0.15, 0.2) is 18.2 Å². The summed E-state index contributed by atoms with van der Waals surface area (Å²) >= 11 is 0. The van der Waals surface area contributed by atoms with Gasteiger partial charge in [0, 0.05) is 18.2 Å². The number of hydrogen-bond acceptors (Lipinski definition) is 4. The van der Waals surface area contributed by atoms with E-state index in [2.05, 4.69) is 0 Å². The predicted octanol–water partition coefficient (Wildman–Crippen LogP) is 1.52. The first-order valence-electron chi connectivity index (χ1n) is 6.79. The van der Waals surface area contributed by atoms with E-state index in [0.717, 1.165) is 5.56 Å². The summed E-state index contributed by atoms with van der Waals surface area (Å²) in [6.07, 6.45) is 0. The number of phenolic OH excluding ortho intramolecular Hbond substituents is 1. The number of carbonyl (C=O) groups is 1. The Morgan fingerprint density at radius 3 is 2.80 bits per heavy atom. The monoisotopic (exact) mass is 279 g/mol. The quantitative estimate of drug-likeness (QED) is 0.861. The minimum Gasteiger partial charge on any atom is -0.508 e. The maximum atomic E-state index is 12.5. The number of aliphatic hydroxyl groups is 1. The number of carbonyl (C=O) groups excluding carboxylic acids is 1. The predicted molar refractivity (Wildman–Crippen MR) is 74.5 cm³/mol. The second kappa shape index (κ2) is 5.32. The largest absolute Gasteiger partial charge is 0.508 e. The Bertz CT molecular complexity index is 511. The molecule has 0 bridgehead atoms. The van der Waals surface area contributed by atoms with Gasteiger partial charge in [-0.25, -0.2) is 0 Å². The average Bonchev–Trinajstić information content (AvgIpc) is 2.59. The average molecular weight is 279 g/mol. The van der Waals surface area contributed by atoms with Gasteiger partial charge in [0.2, 0.25) is 0 Å². The lowest BCUT2D eigenvalue weighted by atomic mass is 9.91. The van der Waals surface area contributed by atoms with Gasteiger partial charge in [-0.15, -0.1) is 0 Å². The smallest absolute Gasteiger partial charge is 0.254 e. The highest BCUT2D eigenvalue weighted by atomic mass is 16.5. The van der Waals surface area contributed by atoms with Crippen molar-refractivity contribution in [3.63, 3.8) is 0 Å². The summed E-state index contributed by atoms with van der Waals surface area (Å²) in [5, 5.41) is 19.8. The Labute approximate surface area is 118 Å². The van der Waals surface area contributed by atoms with E-state index in [-0.39, 0.29) is 17.6 Å². The van der Waals surface area contributed by atoms with Crippen LogP contribution in [0.2, 0.25) is 0 Å². The fourth-order valence-electron chi connectivity index (χ4n) is 2.10. The Balaban J connectivity index is 2.24. The molecule has 2 N–H and O–H groups in total. The molecule has 1 aromatic carbocycles. The van der Waals surface area contributed by atoms with Gasteiger partial charge < -0.3 is 19.8 Å². The Hall–Kier alpha value is -1.75.